The van der Waals surface area contributed by atoms with E-state index in [1.807, 2.05) is 20.8 Å². The molecule has 5 heteroatoms. The van der Waals surface area contributed by atoms with Gasteiger partial charge in [0.15, 0.2) is 8.32 Å². The molecule has 2 bridgehead atoms. The van der Waals surface area contributed by atoms with Crippen molar-refractivity contribution in [3.8, 4) is 0 Å². The van der Waals surface area contributed by atoms with Gasteiger partial charge in [0.2, 0.25) is 0 Å². The molecule has 4 aliphatic rings. The van der Waals surface area contributed by atoms with Gasteiger partial charge in [-0.2, -0.15) is 0 Å². The molecule has 5 unspecified atom stereocenters. The molecule has 3 fully saturated rings. The van der Waals surface area contributed by atoms with E-state index in [4.69, 9.17) is 9.16 Å². The molecule has 1 heterocycles. The van der Waals surface area contributed by atoms with Crippen LogP contribution in [0.3, 0.4) is 0 Å². The van der Waals surface area contributed by atoms with E-state index in [0.29, 0.717) is 30.4 Å². The zero-order chi connectivity index (χ0) is 21.4. The molecule has 0 N–H and O–H groups in total. The third-order valence-electron chi connectivity index (χ3n) is 8.73. The number of ether oxygens (including phenoxy) is 1. The van der Waals surface area contributed by atoms with E-state index < -0.39 is 13.9 Å². The van der Waals surface area contributed by atoms with E-state index in [-0.39, 0.29) is 22.6 Å². The highest BCUT2D eigenvalue weighted by Crippen LogP contribution is 2.69. The van der Waals surface area contributed by atoms with Crippen molar-refractivity contribution >= 4 is 14.4 Å². The van der Waals surface area contributed by atoms with Crippen LogP contribution in [0.1, 0.15) is 67.2 Å². The van der Waals surface area contributed by atoms with Crippen LogP contribution in [0.25, 0.3) is 0 Å². The Hall–Kier alpha value is -0.813. The number of rotatable bonds is 3. The van der Waals surface area contributed by atoms with Crippen molar-refractivity contribution in [3.63, 3.8) is 0 Å². The Bertz CT molecular complexity index is 704. The molecule has 0 aromatic rings. The number of nitrogens with zero attached hydrogens (tertiary/aromatic N) is 1. The summed E-state index contributed by atoms with van der Waals surface area (Å²) >= 11 is 0. The van der Waals surface area contributed by atoms with E-state index in [1.165, 1.54) is 19.3 Å². The summed E-state index contributed by atoms with van der Waals surface area (Å²) < 4.78 is 12.7. The molecule has 164 valence electrons. The summed E-state index contributed by atoms with van der Waals surface area (Å²) in [4.78, 5) is 15.6. The third-order valence-corrected chi connectivity index (χ3v) is 13.2. The van der Waals surface area contributed by atoms with Gasteiger partial charge in [-0.3, -0.25) is 4.90 Å². The van der Waals surface area contributed by atoms with Gasteiger partial charge < -0.3 is 9.16 Å². The third kappa shape index (κ3) is 3.22. The smallest absolute Gasteiger partial charge is 0.410 e. The topological polar surface area (TPSA) is 38.8 Å². The standard InChI is InChI=1S/C24H41NO3Si/c1-22(2,3)28-21(26)25-18(15-27-29(7,8)23(4,5)6)20-16-11-12-17(14-16)24(20)13-9-10-19(24)25/h11-12,16-20H,9-10,13-15H2,1-8H3/t16?,17?,18-,19?,20?,24?/m1/s1. The molecule has 0 aromatic heterocycles. The first-order valence-corrected chi connectivity index (χ1v) is 14.5. The summed E-state index contributed by atoms with van der Waals surface area (Å²) in [7, 11) is -1.88. The Balaban J connectivity index is 1.66. The van der Waals surface area contributed by atoms with Crippen LogP contribution in [0.2, 0.25) is 18.1 Å². The molecular weight excluding hydrogens is 378 g/mol. The Morgan fingerprint density at radius 3 is 2.48 bits per heavy atom. The van der Waals surface area contributed by atoms with Crippen LogP contribution in [0.4, 0.5) is 4.79 Å². The lowest BCUT2D eigenvalue weighted by Crippen LogP contribution is -2.50. The number of carbonyl (C=O) groups is 1. The predicted octanol–water partition coefficient (Wildman–Crippen LogP) is 5.99. The minimum Gasteiger partial charge on any atom is -0.444 e. The predicted molar refractivity (Wildman–Crippen MR) is 119 cm³/mol. The maximum absolute atomic E-state index is 13.4. The lowest BCUT2D eigenvalue weighted by atomic mass is 9.66. The van der Waals surface area contributed by atoms with Crippen molar-refractivity contribution in [1.29, 1.82) is 0 Å². The minimum absolute atomic E-state index is 0.124. The Kier molecular flexibility index (Phi) is 4.87. The van der Waals surface area contributed by atoms with Gasteiger partial charge in [-0.05, 0) is 75.9 Å². The van der Waals surface area contributed by atoms with Crippen LogP contribution in [0, 0.1) is 23.2 Å². The Morgan fingerprint density at radius 1 is 1.17 bits per heavy atom. The molecule has 1 amide bonds. The highest BCUT2D eigenvalue weighted by Gasteiger charge is 2.70. The van der Waals surface area contributed by atoms with Gasteiger partial charge in [-0.1, -0.05) is 39.3 Å². The van der Waals surface area contributed by atoms with Crippen LogP contribution < -0.4 is 0 Å². The SMILES string of the molecule is CC(C)(C)OC(=O)N1C2CCCC23C2C=CC(C2)C3[C@H]1CO[Si](C)(C)C(C)(C)C. The van der Waals surface area contributed by atoms with Gasteiger partial charge in [0.05, 0.1) is 12.6 Å². The number of hydrogen-bond donors (Lipinski definition) is 0. The molecule has 3 aliphatic carbocycles. The highest BCUT2D eigenvalue weighted by atomic mass is 28.4. The fourth-order valence-electron chi connectivity index (χ4n) is 6.61. The van der Waals surface area contributed by atoms with Gasteiger partial charge in [0.1, 0.15) is 5.60 Å². The lowest BCUT2D eigenvalue weighted by molar-refractivity contribution is 0.00350. The zero-order valence-corrected chi connectivity index (χ0v) is 20.7. The minimum atomic E-state index is -1.88. The first-order chi connectivity index (χ1) is 13.3. The summed E-state index contributed by atoms with van der Waals surface area (Å²) in [5, 5.41) is 0.171. The summed E-state index contributed by atoms with van der Waals surface area (Å²) in [6.45, 7) is 18.1. The van der Waals surface area contributed by atoms with Gasteiger partial charge >= 0.3 is 6.09 Å². The van der Waals surface area contributed by atoms with E-state index in [2.05, 4.69) is 50.9 Å². The molecule has 4 rings (SSSR count). The maximum Gasteiger partial charge on any atom is 0.410 e. The number of allylic oxidation sites excluding steroid dienone is 2. The summed E-state index contributed by atoms with van der Waals surface area (Å²) in [6, 6.07) is 0.458. The molecule has 1 spiro atoms. The van der Waals surface area contributed by atoms with Gasteiger partial charge in [0, 0.05) is 11.5 Å². The van der Waals surface area contributed by atoms with E-state index in [9.17, 15) is 4.79 Å². The van der Waals surface area contributed by atoms with Crippen molar-refractivity contribution in [2.24, 2.45) is 23.2 Å². The first kappa shape index (κ1) is 21.4. The molecule has 0 radical (unpaired) electrons. The molecule has 1 aliphatic heterocycles. The quantitative estimate of drug-likeness (QED) is 0.417. The van der Waals surface area contributed by atoms with E-state index in [0.717, 1.165) is 6.42 Å². The van der Waals surface area contributed by atoms with Crippen molar-refractivity contribution in [2.75, 3.05) is 6.61 Å². The van der Waals surface area contributed by atoms with Crippen LogP contribution in [0.15, 0.2) is 12.2 Å². The second-order valence-corrected chi connectivity index (χ2v) is 17.3. The largest absolute Gasteiger partial charge is 0.444 e. The van der Waals surface area contributed by atoms with E-state index in [1.54, 1.807) is 0 Å². The number of amides is 1. The first-order valence-electron chi connectivity index (χ1n) is 11.6. The highest BCUT2D eigenvalue weighted by molar-refractivity contribution is 6.74. The summed E-state index contributed by atoms with van der Waals surface area (Å²) in [6.07, 6.45) is 9.65. The normalized spacial score (nSPS) is 38.5. The molecule has 2 saturated carbocycles. The zero-order valence-electron chi connectivity index (χ0n) is 19.7. The molecule has 4 nitrogen and oxygen atoms in total. The average Bonchev–Trinajstić information content (AvgIpc) is 3.26. The maximum atomic E-state index is 13.4. The number of fused-ring (bicyclic) bond motifs is 3. The monoisotopic (exact) mass is 419 g/mol. The average molecular weight is 420 g/mol. The van der Waals surface area contributed by atoms with Crippen molar-refractivity contribution in [3.05, 3.63) is 12.2 Å². The van der Waals surface area contributed by atoms with Crippen LogP contribution in [0.5, 0.6) is 0 Å². The van der Waals surface area contributed by atoms with Crippen molar-refractivity contribution < 1.29 is 14.0 Å². The van der Waals surface area contributed by atoms with Crippen molar-refractivity contribution in [1.82, 2.24) is 4.90 Å². The molecule has 6 atom stereocenters. The van der Waals surface area contributed by atoms with Gasteiger partial charge in [0.25, 0.3) is 0 Å². The number of hydrogen-bond acceptors (Lipinski definition) is 3. The number of carbonyl (C=O) groups excluding carboxylic acids is 1. The summed E-state index contributed by atoms with van der Waals surface area (Å²) in [5.41, 5.74) is -0.208. The lowest BCUT2D eigenvalue weighted by Gasteiger charge is -2.40. The van der Waals surface area contributed by atoms with Gasteiger partial charge in [-0.25, -0.2) is 4.79 Å². The van der Waals surface area contributed by atoms with Crippen LogP contribution in [-0.2, 0) is 9.16 Å². The second kappa shape index (κ2) is 6.59. The molecular formula is C24H41NO3Si. The van der Waals surface area contributed by atoms with Crippen LogP contribution in [-0.4, -0.2) is 43.6 Å². The molecule has 0 aromatic carbocycles. The molecule has 29 heavy (non-hydrogen) atoms. The Morgan fingerprint density at radius 2 is 1.86 bits per heavy atom. The fraction of sp³-hybridized carbons (Fsp3) is 0.875. The fourth-order valence-corrected chi connectivity index (χ4v) is 7.63. The molecule has 1 saturated heterocycles. The Labute approximate surface area is 178 Å². The van der Waals surface area contributed by atoms with Crippen molar-refractivity contribution in [2.45, 2.75) is 103 Å². The summed E-state index contributed by atoms with van der Waals surface area (Å²) in [5.74, 6) is 1.76. The number of likely N-dealkylation sites (tertiary alicyclic amines) is 1. The second-order valence-electron chi connectivity index (χ2n) is 12.5. The van der Waals surface area contributed by atoms with E-state index >= 15 is 0 Å². The van der Waals surface area contributed by atoms with Crippen LogP contribution >= 0.6 is 0 Å². The van der Waals surface area contributed by atoms with Gasteiger partial charge in [-0.15, -0.1) is 0 Å².